The quantitative estimate of drug-likeness (QED) is 0.184. The first-order valence-corrected chi connectivity index (χ1v) is 12.5. The van der Waals surface area contributed by atoms with Crippen molar-refractivity contribution in [2.45, 2.75) is 32.4 Å². The zero-order valence-electron chi connectivity index (χ0n) is 20.9. The zero-order valence-corrected chi connectivity index (χ0v) is 20.9. The summed E-state index contributed by atoms with van der Waals surface area (Å²) in [7, 11) is 0. The number of halogens is 2. The van der Waals surface area contributed by atoms with Gasteiger partial charge in [-0.15, -0.1) is 0 Å². The molecule has 0 saturated heterocycles. The summed E-state index contributed by atoms with van der Waals surface area (Å²) in [5.74, 6) is -0.638. The van der Waals surface area contributed by atoms with Crippen molar-refractivity contribution in [2.24, 2.45) is 0 Å². The van der Waals surface area contributed by atoms with Crippen molar-refractivity contribution < 1.29 is 13.9 Å². The molecule has 9 nitrogen and oxygen atoms in total. The molecule has 1 unspecified atom stereocenters. The monoisotopic (exact) mass is 526 g/mol. The fourth-order valence-electron chi connectivity index (χ4n) is 4.57. The van der Waals surface area contributed by atoms with Gasteiger partial charge in [-0.25, -0.2) is 13.8 Å². The molecule has 1 atom stereocenters. The van der Waals surface area contributed by atoms with Crippen molar-refractivity contribution in [1.82, 2.24) is 35.1 Å². The minimum Gasteiger partial charge on any atom is -0.374 e. The molecule has 0 radical (unpaired) electrons. The van der Waals surface area contributed by atoms with E-state index in [4.69, 9.17) is 0 Å². The Bertz CT molecular complexity index is 1800. The van der Waals surface area contributed by atoms with Gasteiger partial charge in [0.05, 0.1) is 46.2 Å². The first-order valence-electron chi connectivity index (χ1n) is 12.5. The predicted molar refractivity (Wildman–Crippen MR) is 145 cm³/mol. The summed E-state index contributed by atoms with van der Waals surface area (Å²) in [5.41, 5.74) is 4.16. The topological polar surface area (TPSA) is 128 Å². The SMILES string of the molecule is CCCCC(O)Nc1cncc(-c2ncc3[nH]nc(-c4nc5c(-c6cccc(F)c6)cncc5[nH]4)c3c2F)c1. The molecule has 5 heterocycles. The highest BCUT2D eigenvalue weighted by Crippen LogP contribution is 2.34. The molecule has 196 valence electrons. The summed E-state index contributed by atoms with van der Waals surface area (Å²) in [5, 5.41) is 20.6. The molecule has 6 aromatic rings. The van der Waals surface area contributed by atoms with Crippen molar-refractivity contribution in [3.05, 3.63) is 73.0 Å². The normalized spacial score (nSPS) is 12.3. The van der Waals surface area contributed by atoms with Gasteiger partial charge in [-0.05, 0) is 36.6 Å². The number of unbranched alkanes of at least 4 members (excludes halogenated alkanes) is 1. The van der Waals surface area contributed by atoms with Gasteiger partial charge in [-0.2, -0.15) is 5.10 Å². The highest BCUT2D eigenvalue weighted by atomic mass is 19.1. The average molecular weight is 527 g/mol. The van der Waals surface area contributed by atoms with Crippen LogP contribution in [0.3, 0.4) is 0 Å². The van der Waals surface area contributed by atoms with Gasteiger partial charge >= 0.3 is 0 Å². The van der Waals surface area contributed by atoms with Crippen LogP contribution in [0.2, 0.25) is 0 Å². The zero-order chi connectivity index (χ0) is 26.9. The van der Waals surface area contributed by atoms with Crippen LogP contribution in [-0.2, 0) is 0 Å². The molecule has 39 heavy (non-hydrogen) atoms. The molecule has 0 aliphatic rings. The first kappa shape index (κ1) is 24.6. The number of nitrogens with zero attached hydrogens (tertiary/aromatic N) is 5. The van der Waals surface area contributed by atoms with Crippen molar-refractivity contribution >= 4 is 27.6 Å². The van der Waals surface area contributed by atoms with Crippen LogP contribution in [0, 0.1) is 11.6 Å². The molecular weight excluding hydrogens is 502 g/mol. The van der Waals surface area contributed by atoms with Crippen LogP contribution in [0.15, 0.2) is 61.3 Å². The number of benzene rings is 1. The summed E-state index contributed by atoms with van der Waals surface area (Å²) in [6.45, 7) is 2.05. The Kier molecular flexibility index (Phi) is 6.41. The summed E-state index contributed by atoms with van der Waals surface area (Å²) < 4.78 is 29.9. The lowest BCUT2D eigenvalue weighted by atomic mass is 10.1. The molecule has 0 aliphatic heterocycles. The van der Waals surface area contributed by atoms with Crippen LogP contribution in [-0.4, -0.2) is 46.5 Å². The van der Waals surface area contributed by atoms with E-state index in [0.717, 1.165) is 12.8 Å². The Morgan fingerprint density at radius 3 is 2.69 bits per heavy atom. The van der Waals surface area contributed by atoms with Gasteiger partial charge in [-0.1, -0.05) is 25.5 Å². The van der Waals surface area contributed by atoms with Crippen LogP contribution in [0.1, 0.15) is 26.2 Å². The van der Waals surface area contributed by atoms with Crippen LogP contribution in [0.25, 0.3) is 55.8 Å². The number of nitrogens with one attached hydrogen (secondary N) is 3. The summed E-state index contributed by atoms with van der Waals surface area (Å²) in [6.07, 6.45) is 9.49. The van der Waals surface area contributed by atoms with Gasteiger partial charge in [0.25, 0.3) is 0 Å². The van der Waals surface area contributed by atoms with E-state index in [9.17, 15) is 9.50 Å². The minimum absolute atomic E-state index is 0.0857. The van der Waals surface area contributed by atoms with Crippen molar-refractivity contribution in [3.8, 4) is 33.9 Å². The Morgan fingerprint density at radius 2 is 1.85 bits per heavy atom. The number of imidazole rings is 1. The predicted octanol–water partition coefficient (Wildman–Crippen LogP) is 5.82. The molecule has 6 rings (SSSR count). The summed E-state index contributed by atoms with van der Waals surface area (Å²) in [4.78, 5) is 20.6. The Hall–Kier alpha value is -4.77. The lowest BCUT2D eigenvalue weighted by molar-refractivity contribution is 0.190. The van der Waals surface area contributed by atoms with Gasteiger partial charge in [-0.3, -0.25) is 20.1 Å². The third-order valence-electron chi connectivity index (χ3n) is 6.47. The second-order valence-electron chi connectivity index (χ2n) is 9.23. The van der Waals surface area contributed by atoms with E-state index in [2.05, 4.69) is 47.4 Å². The maximum absolute atomic E-state index is 16.0. The average Bonchev–Trinajstić information content (AvgIpc) is 3.57. The number of aromatic amines is 2. The van der Waals surface area contributed by atoms with Crippen molar-refractivity contribution in [2.75, 3.05) is 5.32 Å². The molecule has 4 N–H and O–H groups in total. The molecule has 0 amide bonds. The van der Waals surface area contributed by atoms with E-state index in [-0.39, 0.29) is 22.6 Å². The maximum atomic E-state index is 16.0. The molecule has 0 aliphatic carbocycles. The third kappa shape index (κ3) is 4.68. The van der Waals surface area contributed by atoms with Gasteiger partial charge in [0, 0.05) is 23.5 Å². The minimum atomic E-state index is -0.734. The van der Waals surface area contributed by atoms with E-state index in [0.29, 0.717) is 51.2 Å². The number of aliphatic hydroxyl groups excluding tert-OH is 1. The first-order chi connectivity index (χ1) is 19.0. The summed E-state index contributed by atoms with van der Waals surface area (Å²) >= 11 is 0. The Balaban J connectivity index is 1.41. The molecular formula is C28H24F2N8O. The molecule has 0 fully saturated rings. The number of aliphatic hydroxyl groups is 1. The maximum Gasteiger partial charge on any atom is 0.161 e. The number of H-pyrrole nitrogens is 2. The number of hydrogen-bond acceptors (Lipinski definition) is 7. The number of anilines is 1. The van der Waals surface area contributed by atoms with Crippen LogP contribution >= 0.6 is 0 Å². The second kappa shape index (κ2) is 10.2. The molecule has 0 spiro atoms. The van der Waals surface area contributed by atoms with E-state index in [1.807, 2.05) is 0 Å². The lowest BCUT2D eigenvalue weighted by Gasteiger charge is -2.14. The second-order valence-corrected chi connectivity index (χ2v) is 9.23. The van der Waals surface area contributed by atoms with Gasteiger partial charge in [0.1, 0.15) is 23.4 Å². The van der Waals surface area contributed by atoms with E-state index in [1.165, 1.54) is 24.5 Å². The van der Waals surface area contributed by atoms with Gasteiger partial charge < -0.3 is 15.4 Å². The number of fused-ring (bicyclic) bond motifs is 2. The van der Waals surface area contributed by atoms with Crippen LogP contribution in [0.5, 0.6) is 0 Å². The number of rotatable bonds is 8. The highest BCUT2D eigenvalue weighted by Gasteiger charge is 2.21. The third-order valence-corrected chi connectivity index (χ3v) is 6.47. The Labute approximate surface area is 221 Å². The van der Waals surface area contributed by atoms with Gasteiger partial charge in [0.2, 0.25) is 0 Å². The highest BCUT2D eigenvalue weighted by molar-refractivity contribution is 5.97. The van der Waals surface area contributed by atoms with Crippen molar-refractivity contribution in [1.29, 1.82) is 0 Å². The molecule has 0 saturated carbocycles. The fraction of sp³-hybridized carbons (Fsp3) is 0.179. The fourth-order valence-corrected chi connectivity index (χ4v) is 4.57. The largest absolute Gasteiger partial charge is 0.374 e. The number of hydrogen-bond donors (Lipinski definition) is 4. The lowest BCUT2D eigenvalue weighted by Crippen LogP contribution is -2.18. The molecule has 1 aromatic carbocycles. The standard InChI is InChI=1S/C28H24F2N8O/c1-2-3-7-22(39)34-18-9-16(10-31-11-18)25-24(30)23-20(14-33-25)37-38-27(23)28-35-21-13-32-12-19(26(21)36-28)15-5-4-6-17(29)8-15/h4-6,8-14,22,34,39H,2-3,7H2,1H3,(H,35,36)(H,37,38). The molecule has 11 heteroatoms. The van der Waals surface area contributed by atoms with E-state index in [1.54, 1.807) is 36.8 Å². The van der Waals surface area contributed by atoms with Crippen molar-refractivity contribution in [3.63, 3.8) is 0 Å². The van der Waals surface area contributed by atoms with Crippen LogP contribution < -0.4 is 5.32 Å². The Morgan fingerprint density at radius 1 is 0.974 bits per heavy atom. The molecule has 5 aromatic heterocycles. The van der Waals surface area contributed by atoms with Gasteiger partial charge in [0.15, 0.2) is 11.6 Å². The summed E-state index contributed by atoms with van der Waals surface area (Å²) in [6, 6.07) is 7.86. The van der Waals surface area contributed by atoms with Crippen LogP contribution in [0.4, 0.5) is 14.5 Å². The molecule has 0 bridgehead atoms. The van der Waals surface area contributed by atoms with E-state index < -0.39 is 12.0 Å². The van der Waals surface area contributed by atoms with E-state index >= 15 is 4.39 Å². The number of aromatic nitrogens is 7. The number of pyridine rings is 3. The smallest absolute Gasteiger partial charge is 0.161 e.